The fourth-order valence-corrected chi connectivity index (χ4v) is 2.87. The molecule has 1 saturated carbocycles. The Morgan fingerprint density at radius 2 is 1.55 bits per heavy atom. The Kier molecular flexibility index (Phi) is 4.02. The van der Waals surface area contributed by atoms with Crippen LogP contribution in [0.5, 0.6) is 0 Å². The molecule has 0 radical (unpaired) electrons. The molecule has 0 saturated heterocycles. The van der Waals surface area contributed by atoms with E-state index in [-0.39, 0.29) is 0 Å². The number of hydrogen-bond donors (Lipinski definition) is 1. The van der Waals surface area contributed by atoms with Crippen molar-refractivity contribution in [2.75, 3.05) is 0 Å². The molecule has 1 aliphatic rings. The maximum atomic E-state index is 10.4. The van der Waals surface area contributed by atoms with E-state index < -0.39 is 6.10 Å². The summed E-state index contributed by atoms with van der Waals surface area (Å²) in [6.07, 6.45) is 3.24. The van der Waals surface area contributed by atoms with Crippen LogP contribution in [-0.4, -0.2) is 5.11 Å². The zero-order valence-corrected chi connectivity index (χ0v) is 12.5. The van der Waals surface area contributed by atoms with Gasteiger partial charge in [-0.3, -0.25) is 0 Å². The molecule has 0 amide bonds. The minimum atomic E-state index is -0.666. The van der Waals surface area contributed by atoms with Crippen LogP contribution in [0.25, 0.3) is 0 Å². The Morgan fingerprint density at radius 3 is 2.10 bits per heavy atom. The van der Waals surface area contributed by atoms with E-state index >= 15 is 0 Å². The van der Waals surface area contributed by atoms with Crippen LogP contribution in [0.4, 0.5) is 0 Å². The molecule has 1 unspecified atom stereocenters. The molecule has 0 aromatic heterocycles. The lowest BCUT2D eigenvalue weighted by Crippen LogP contribution is -2.09. The minimum Gasteiger partial charge on any atom is -0.384 e. The topological polar surface area (TPSA) is 20.2 Å². The Morgan fingerprint density at radius 1 is 0.900 bits per heavy atom. The largest absolute Gasteiger partial charge is 0.384 e. The van der Waals surface area contributed by atoms with E-state index in [4.69, 9.17) is 23.2 Å². The number of benzene rings is 2. The van der Waals surface area contributed by atoms with Crippen molar-refractivity contribution in [1.82, 2.24) is 0 Å². The molecule has 1 atom stereocenters. The van der Waals surface area contributed by atoms with Gasteiger partial charge in [0.1, 0.15) is 6.10 Å². The first-order chi connectivity index (χ1) is 9.65. The second-order valence-electron chi connectivity index (χ2n) is 5.37. The van der Waals surface area contributed by atoms with Crippen molar-refractivity contribution in [3.8, 4) is 0 Å². The summed E-state index contributed by atoms with van der Waals surface area (Å²) in [6, 6.07) is 13.5. The van der Waals surface area contributed by atoms with Gasteiger partial charge in [0.15, 0.2) is 0 Å². The van der Waals surface area contributed by atoms with Crippen molar-refractivity contribution in [1.29, 1.82) is 0 Å². The second-order valence-corrected chi connectivity index (χ2v) is 6.18. The number of hydrogen-bond acceptors (Lipinski definition) is 1. The van der Waals surface area contributed by atoms with Gasteiger partial charge >= 0.3 is 0 Å². The Hall–Kier alpha value is -1.02. The minimum absolute atomic E-state index is 0.467. The average molecular weight is 307 g/mol. The summed E-state index contributed by atoms with van der Waals surface area (Å²) in [5.74, 6) is 0.714. The molecule has 20 heavy (non-hydrogen) atoms. The molecule has 0 spiro atoms. The van der Waals surface area contributed by atoms with Crippen LogP contribution >= 0.6 is 23.2 Å². The maximum absolute atomic E-state index is 10.4. The van der Waals surface area contributed by atoms with Crippen molar-refractivity contribution in [3.05, 3.63) is 69.2 Å². The van der Waals surface area contributed by atoms with Crippen LogP contribution in [0, 0.1) is 0 Å². The molecule has 1 N–H and O–H groups in total. The van der Waals surface area contributed by atoms with E-state index in [0.29, 0.717) is 16.0 Å². The molecule has 0 bridgehead atoms. The van der Waals surface area contributed by atoms with Gasteiger partial charge in [0.25, 0.3) is 0 Å². The van der Waals surface area contributed by atoms with Crippen LogP contribution in [-0.2, 0) is 0 Å². The summed E-state index contributed by atoms with van der Waals surface area (Å²) >= 11 is 11.9. The molecule has 0 heterocycles. The summed E-state index contributed by atoms with van der Waals surface area (Å²) in [5.41, 5.74) is 3.02. The third-order valence-electron chi connectivity index (χ3n) is 4.09. The third kappa shape index (κ3) is 2.71. The lowest BCUT2D eigenvalue weighted by Gasteiger charge is -2.26. The molecule has 1 aliphatic carbocycles. The van der Waals surface area contributed by atoms with Crippen molar-refractivity contribution >= 4 is 23.2 Å². The molecular formula is C17H16Cl2O. The highest BCUT2D eigenvalue weighted by molar-refractivity contribution is 6.42. The SMILES string of the molecule is OC(c1ccc(C2CCC2)cc1)c1ccc(Cl)c(Cl)c1. The van der Waals surface area contributed by atoms with E-state index in [1.165, 1.54) is 24.8 Å². The summed E-state index contributed by atoms with van der Waals surface area (Å²) < 4.78 is 0. The first kappa shape index (κ1) is 13.9. The van der Waals surface area contributed by atoms with Gasteiger partial charge in [-0.05, 0) is 47.6 Å². The second kappa shape index (κ2) is 5.77. The Bertz CT molecular complexity index is 603. The van der Waals surface area contributed by atoms with Gasteiger partial charge in [-0.15, -0.1) is 0 Å². The molecule has 2 aromatic carbocycles. The Balaban J connectivity index is 1.82. The van der Waals surface area contributed by atoms with Crippen molar-refractivity contribution < 1.29 is 5.11 Å². The smallest absolute Gasteiger partial charge is 0.104 e. The molecule has 1 nitrogen and oxygen atoms in total. The van der Waals surface area contributed by atoms with E-state index in [1.54, 1.807) is 18.2 Å². The predicted molar refractivity (Wildman–Crippen MR) is 83.6 cm³/mol. The third-order valence-corrected chi connectivity index (χ3v) is 4.83. The van der Waals surface area contributed by atoms with Gasteiger partial charge in [-0.1, -0.05) is 60.0 Å². The van der Waals surface area contributed by atoms with Crippen LogP contribution in [0.1, 0.15) is 48.0 Å². The number of aliphatic hydroxyl groups is 1. The molecule has 3 heteroatoms. The normalized spacial score (nSPS) is 16.8. The number of halogens is 2. The van der Waals surface area contributed by atoms with E-state index in [0.717, 1.165) is 11.1 Å². The Labute approximate surface area is 129 Å². The predicted octanol–water partition coefficient (Wildman–Crippen LogP) is 5.34. The fraction of sp³-hybridized carbons (Fsp3) is 0.294. The summed E-state index contributed by atoms with van der Waals surface area (Å²) in [7, 11) is 0. The first-order valence-electron chi connectivity index (χ1n) is 6.88. The van der Waals surface area contributed by atoms with E-state index in [9.17, 15) is 5.11 Å². The molecule has 104 valence electrons. The van der Waals surface area contributed by atoms with E-state index in [1.807, 2.05) is 12.1 Å². The summed E-state index contributed by atoms with van der Waals surface area (Å²) in [6.45, 7) is 0. The van der Waals surface area contributed by atoms with Gasteiger partial charge in [0.05, 0.1) is 10.0 Å². The quantitative estimate of drug-likeness (QED) is 0.811. The van der Waals surface area contributed by atoms with Gasteiger partial charge in [0.2, 0.25) is 0 Å². The molecule has 1 fully saturated rings. The molecule has 0 aliphatic heterocycles. The van der Waals surface area contributed by atoms with Crippen molar-refractivity contribution in [2.45, 2.75) is 31.3 Å². The zero-order chi connectivity index (χ0) is 14.1. The van der Waals surface area contributed by atoms with Gasteiger partial charge in [-0.25, -0.2) is 0 Å². The number of rotatable bonds is 3. The van der Waals surface area contributed by atoms with Gasteiger partial charge in [-0.2, -0.15) is 0 Å². The lowest BCUT2D eigenvalue weighted by molar-refractivity contribution is 0.220. The highest BCUT2D eigenvalue weighted by Crippen LogP contribution is 2.37. The average Bonchev–Trinajstić information content (AvgIpc) is 2.40. The highest BCUT2D eigenvalue weighted by atomic mass is 35.5. The summed E-state index contributed by atoms with van der Waals surface area (Å²) in [4.78, 5) is 0. The lowest BCUT2D eigenvalue weighted by atomic mass is 9.80. The van der Waals surface area contributed by atoms with Crippen LogP contribution < -0.4 is 0 Å². The fourth-order valence-electron chi connectivity index (χ4n) is 2.57. The maximum Gasteiger partial charge on any atom is 0.104 e. The zero-order valence-electron chi connectivity index (χ0n) is 11.0. The van der Waals surface area contributed by atoms with Gasteiger partial charge in [0, 0.05) is 0 Å². The molecular weight excluding hydrogens is 291 g/mol. The summed E-state index contributed by atoms with van der Waals surface area (Å²) in [5, 5.41) is 11.4. The van der Waals surface area contributed by atoms with Gasteiger partial charge < -0.3 is 5.11 Å². The van der Waals surface area contributed by atoms with Crippen LogP contribution in [0.3, 0.4) is 0 Å². The van der Waals surface area contributed by atoms with Crippen LogP contribution in [0.2, 0.25) is 10.0 Å². The van der Waals surface area contributed by atoms with E-state index in [2.05, 4.69) is 12.1 Å². The van der Waals surface area contributed by atoms with Crippen molar-refractivity contribution in [2.24, 2.45) is 0 Å². The monoisotopic (exact) mass is 306 g/mol. The van der Waals surface area contributed by atoms with Crippen LogP contribution in [0.15, 0.2) is 42.5 Å². The number of aliphatic hydroxyl groups excluding tert-OH is 1. The highest BCUT2D eigenvalue weighted by Gasteiger charge is 2.19. The molecule has 3 rings (SSSR count). The molecule has 2 aromatic rings. The van der Waals surface area contributed by atoms with Crippen molar-refractivity contribution in [3.63, 3.8) is 0 Å². The standard InChI is InChI=1S/C17H16Cl2O/c18-15-9-8-14(10-16(15)19)17(20)13-6-4-12(5-7-13)11-2-1-3-11/h4-11,17,20H,1-3H2. The first-order valence-corrected chi connectivity index (χ1v) is 7.63.